The van der Waals surface area contributed by atoms with E-state index in [1.54, 1.807) is 62.8 Å². The first kappa shape index (κ1) is 21.4. The highest BCUT2D eigenvalue weighted by atomic mass is 16.5. The monoisotopic (exact) mass is 484 g/mol. The van der Waals surface area contributed by atoms with Crippen molar-refractivity contribution in [3.63, 3.8) is 0 Å². The summed E-state index contributed by atoms with van der Waals surface area (Å²) in [5.41, 5.74) is 1.04. The highest BCUT2D eigenvalue weighted by molar-refractivity contribution is 6.25. The number of nitrogens with zero attached hydrogens (tertiary/aromatic N) is 2. The minimum atomic E-state index is -0.505. The van der Waals surface area contributed by atoms with Crippen LogP contribution in [0.4, 0.5) is 11.4 Å². The van der Waals surface area contributed by atoms with Gasteiger partial charge in [-0.05, 0) is 72.2 Å². The number of benzene rings is 2. The Labute approximate surface area is 207 Å². The first-order valence-corrected chi connectivity index (χ1v) is 12.2. The number of carbonyl (C=O) groups is 4. The molecule has 0 spiro atoms. The zero-order chi connectivity index (χ0) is 24.9. The normalized spacial score (nSPS) is 35.5. The number of carbonyl (C=O) groups excluding carboxylic acids is 4. The number of anilines is 2. The second-order valence-electron chi connectivity index (χ2n) is 10.2. The minimum absolute atomic E-state index is 0.112. The van der Waals surface area contributed by atoms with E-state index >= 15 is 0 Å². The topological polar surface area (TPSA) is 93.2 Å². The molecule has 4 amide bonds. The molecule has 2 aromatic carbocycles. The lowest BCUT2D eigenvalue weighted by Crippen LogP contribution is -2.63. The maximum atomic E-state index is 13.6. The quantitative estimate of drug-likeness (QED) is 0.489. The van der Waals surface area contributed by atoms with Crippen LogP contribution in [0.2, 0.25) is 0 Å². The van der Waals surface area contributed by atoms with E-state index in [0.717, 1.165) is 0 Å². The van der Waals surface area contributed by atoms with Crippen LogP contribution in [0.5, 0.6) is 11.5 Å². The van der Waals surface area contributed by atoms with Gasteiger partial charge >= 0.3 is 0 Å². The Bertz CT molecular complexity index is 1290. The van der Waals surface area contributed by atoms with E-state index in [0.29, 0.717) is 22.9 Å². The van der Waals surface area contributed by atoms with Crippen LogP contribution in [-0.4, -0.2) is 37.8 Å². The first-order chi connectivity index (χ1) is 17.5. The molecular formula is C28H24N2O6. The minimum Gasteiger partial charge on any atom is -0.497 e. The van der Waals surface area contributed by atoms with Crippen LogP contribution in [0.3, 0.4) is 0 Å². The van der Waals surface area contributed by atoms with Gasteiger partial charge in [-0.1, -0.05) is 12.2 Å². The molecule has 2 saturated heterocycles. The van der Waals surface area contributed by atoms with Crippen LogP contribution in [0, 0.1) is 47.3 Å². The molecule has 0 unspecified atom stereocenters. The largest absolute Gasteiger partial charge is 0.497 e. The highest BCUT2D eigenvalue weighted by Crippen LogP contribution is 2.68. The second kappa shape index (κ2) is 7.29. The van der Waals surface area contributed by atoms with Crippen molar-refractivity contribution >= 4 is 35.0 Å². The molecule has 0 N–H and O–H groups in total. The van der Waals surface area contributed by atoms with E-state index in [4.69, 9.17) is 9.47 Å². The number of ether oxygens (including phenoxy) is 2. The SMILES string of the molecule is COc1ccc(N2C(=O)[C@H]3[C@@H]4C=C[C@@H]([C@@H]3C2=O)[C@H]2[C@H]3C(=O)N(c5ccc(OC)cc5)C(=O)[C@@H]3[C@H]42)cc1. The Hall–Kier alpha value is -3.94. The molecule has 0 radical (unpaired) electrons. The summed E-state index contributed by atoms with van der Waals surface area (Å²) >= 11 is 0. The van der Waals surface area contributed by atoms with Crippen LogP contribution in [0.25, 0.3) is 0 Å². The molecule has 36 heavy (non-hydrogen) atoms. The van der Waals surface area contributed by atoms with E-state index < -0.39 is 23.7 Å². The smallest absolute Gasteiger partial charge is 0.238 e. The maximum Gasteiger partial charge on any atom is 0.238 e. The fraction of sp³-hybridized carbons (Fsp3) is 0.357. The summed E-state index contributed by atoms with van der Waals surface area (Å²) in [5, 5.41) is 0. The number of hydrogen-bond acceptors (Lipinski definition) is 6. The lowest BCUT2D eigenvalue weighted by molar-refractivity contribution is -0.166. The fourth-order valence-electron chi connectivity index (χ4n) is 7.57. The van der Waals surface area contributed by atoms with Gasteiger partial charge in [0, 0.05) is 0 Å². The summed E-state index contributed by atoms with van der Waals surface area (Å²) < 4.78 is 10.4. The molecule has 2 bridgehead atoms. The standard InChI is InChI=1S/C28H24N2O6/c1-35-15-7-3-13(4-8-15)29-25(31)21-17-11-12-18(22(21)26(29)32)20-19(17)23-24(20)28(34)30(27(23)33)14-5-9-16(36-2)10-6-14/h3-12,17-24H,1-2H3/t17-,18-,19-,20-,21+,22+,23-,24-/m1/s1. The first-order valence-electron chi connectivity index (χ1n) is 12.2. The summed E-state index contributed by atoms with van der Waals surface area (Å²) in [6.07, 6.45) is 4.03. The van der Waals surface area contributed by atoms with Gasteiger partial charge in [0.1, 0.15) is 11.5 Å². The molecule has 8 atom stereocenters. The Morgan fingerprint density at radius 1 is 0.528 bits per heavy atom. The molecule has 2 aliphatic heterocycles. The predicted molar refractivity (Wildman–Crippen MR) is 128 cm³/mol. The van der Waals surface area contributed by atoms with Crippen LogP contribution >= 0.6 is 0 Å². The molecule has 4 fully saturated rings. The zero-order valence-corrected chi connectivity index (χ0v) is 19.7. The third-order valence-corrected chi connectivity index (χ3v) is 9.00. The van der Waals surface area contributed by atoms with E-state index in [9.17, 15) is 19.2 Å². The Balaban J connectivity index is 1.22. The van der Waals surface area contributed by atoms with E-state index in [1.807, 2.05) is 12.2 Å². The van der Waals surface area contributed by atoms with Crippen molar-refractivity contribution < 1.29 is 28.7 Å². The Morgan fingerprint density at radius 3 is 1.19 bits per heavy atom. The third kappa shape index (κ3) is 2.49. The van der Waals surface area contributed by atoms with E-state index in [2.05, 4.69) is 0 Å². The van der Waals surface area contributed by atoms with Crippen LogP contribution in [0.1, 0.15) is 0 Å². The van der Waals surface area contributed by atoms with Crippen LogP contribution in [0.15, 0.2) is 60.7 Å². The maximum absolute atomic E-state index is 13.6. The Morgan fingerprint density at radius 2 is 0.861 bits per heavy atom. The van der Waals surface area contributed by atoms with Crippen molar-refractivity contribution in [2.75, 3.05) is 24.0 Å². The van der Waals surface area contributed by atoms with Crippen molar-refractivity contribution in [2.45, 2.75) is 0 Å². The van der Waals surface area contributed by atoms with Gasteiger partial charge in [0.25, 0.3) is 0 Å². The summed E-state index contributed by atoms with van der Waals surface area (Å²) in [5.74, 6) is -2.21. The van der Waals surface area contributed by atoms with Gasteiger partial charge in [-0.15, -0.1) is 0 Å². The molecule has 2 aromatic rings. The van der Waals surface area contributed by atoms with Crippen molar-refractivity contribution in [3.8, 4) is 11.5 Å². The average Bonchev–Trinajstić information content (AvgIpc) is 3.28. The molecular weight excluding hydrogens is 460 g/mol. The van der Waals surface area contributed by atoms with Gasteiger partial charge in [-0.25, -0.2) is 0 Å². The van der Waals surface area contributed by atoms with Crippen molar-refractivity contribution in [2.24, 2.45) is 47.3 Å². The van der Waals surface area contributed by atoms with Crippen molar-refractivity contribution in [1.82, 2.24) is 0 Å². The van der Waals surface area contributed by atoms with Gasteiger partial charge in [0.05, 0.1) is 49.3 Å². The number of methoxy groups -OCH3 is 2. The number of imide groups is 2. The highest BCUT2D eigenvalue weighted by Gasteiger charge is 2.75. The number of rotatable bonds is 4. The average molecular weight is 485 g/mol. The fourth-order valence-corrected chi connectivity index (χ4v) is 7.57. The molecule has 8 heteroatoms. The molecule has 0 aromatic heterocycles. The van der Waals surface area contributed by atoms with E-state index in [-0.39, 0.29) is 47.3 Å². The van der Waals surface area contributed by atoms with Crippen LogP contribution in [-0.2, 0) is 19.2 Å². The number of hydrogen-bond donors (Lipinski definition) is 0. The molecule has 2 saturated carbocycles. The Kier molecular flexibility index (Phi) is 4.32. The summed E-state index contributed by atoms with van der Waals surface area (Å²) in [6, 6.07) is 13.8. The molecule has 2 heterocycles. The molecule has 8 nitrogen and oxygen atoms in total. The molecule has 8 rings (SSSR count). The number of amides is 4. The van der Waals surface area contributed by atoms with Gasteiger partial charge in [-0.3, -0.25) is 29.0 Å². The van der Waals surface area contributed by atoms with Gasteiger partial charge < -0.3 is 9.47 Å². The summed E-state index contributed by atoms with van der Waals surface area (Å²) in [7, 11) is 3.12. The van der Waals surface area contributed by atoms with Gasteiger partial charge in [0.2, 0.25) is 23.6 Å². The second-order valence-corrected chi connectivity index (χ2v) is 10.2. The third-order valence-electron chi connectivity index (χ3n) is 9.00. The van der Waals surface area contributed by atoms with Crippen LogP contribution < -0.4 is 19.3 Å². The zero-order valence-electron chi connectivity index (χ0n) is 19.7. The summed E-state index contributed by atoms with van der Waals surface area (Å²) in [6.45, 7) is 0. The number of allylic oxidation sites excluding steroid dienone is 2. The van der Waals surface area contributed by atoms with Crippen molar-refractivity contribution in [3.05, 3.63) is 60.7 Å². The lowest BCUT2D eigenvalue weighted by atomic mass is 9.40. The van der Waals surface area contributed by atoms with Crippen molar-refractivity contribution in [1.29, 1.82) is 0 Å². The summed E-state index contributed by atoms with van der Waals surface area (Å²) in [4.78, 5) is 56.9. The van der Waals surface area contributed by atoms with Gasteiger partial charge in [-0.2, -0.15) is 0 Å². The number of fused-ring (bicyclic) bond motifs is 1. The lowest BCUT2D eigenvalue weighted by Gasteiger charge is -2.60. The van der Waals surface area contributed by atoms with Gasteiger partial charge in [0.15, 0.2) is 0 Å². The molecule has 182 valence electrons. The molecule has 4 aliphatic carbocycles. The molecule has 6 aliphatic rings. The van der Waals surface area contributed by atoms with E-state index in [1.165, 1.54) is 9.80 Å². The predicted octanol–water partition coefficient (Wildman–Crippen LogP) is 2.68.